The minimum absolute atomic E-state index is 0.150. The molecule has 0 aromatic heterocycles. The van der Waals surface area contributed by atoms with Crippen molar-refractivity contribution in [2.24, 2.45) is 5.10 Å². The Kier molecular flexibility index (Phi) is 7.02. The Morgan fingerprint density at radius 2 is 1.88 bits per heavy atom. The monoisotopic (exact) mass is 405 g/mol. The molecule has 0 saturated carbocycles. The molecule has 124 valence electrons. The van der Waals surface area contributed by atoms with Gasteiger partial charge in [-0.05, 0) is 52.0 Å². The first-order valence-corrected chi connectivity index (χ1v) is 9.10. The molecule has 2 rings (SSSR count). The molecule has 0 fully saturated rings. The largest absolute Gasteiger partial charge is 0.343 e. The van der Waals surface area contributed by atoms with Gasteiger partial charge in [0.2, 0.25) is 0 Å². The van der Waals surface area contributed by atoms with E-state index in [1.807, 2.05) is 36.6 Å². The summed E-state index contributed by atoms with van der Waals surface area (Å²) < 4.78 is 0.676. The van der Waals surface area contributed by atoms with Gasteiger partial charge in [-0.25, -0.2) is 5.43 Å². The Bertz CT molecular complexity index is 748. The van der Waals surface area contributed by atoms with Crippen LogP contribution in [0.4, 0.5) is 0 Å². The van der Waals surface area contributed by atoms with Gasteiger partial charge < -0.3 is 5.32 Å². The number of carbonyl (C=O) groups is 2. The zero-order chi connectivity index (χ0) is 17.4. The minimum Gasteiger partial charge on any atom is -0.343 e. The smallest absolute Gasteiger partial charge is 0.259 e. The molecule has 2 aromatic rings. The second-order valence-corrected chi connectivity index (χ2v) is 6.46. The summed E-state index contributed by atoms with van der Waals surface area (Å²) in [4.78, 5) is 24.8. The van der Waals surface area contributed by atoms with Crippen molar-refractivity contribution in [3.8, 4) is 0 Å². The first-order valence-electron chi connectivity index (χ1n) is 7.09. The van der Waals surface area contributed by atoms with E-state index in [9.17, 15) is 9.59 Å². The predicted molar refractivity (Wildman–Crippen MR) is 100 cm³/mol. The van der Waals surface area contributed by atoms with Crippen molar-refractivity contribution in [3.63, 3.8) is 0 Å². The van der Waals surface area contributed by atoms with Gasteiger partial charge in [0, 0.05) is 9.37 Å². The van der Waals surface area contributed by atoms with Gasteiger partial charge in [-0.1, -0.05) is 24.3 Å². The summed E-state index contributed by atoms with van der Waals surface area (Å²) in [5.74, 6) is -0.721. The van der Waals surface area contributed by atoms with Crippen LogP contribution in [-0.2, 0) is 4.79 Å². The van der Waals surface area contributed by atoms with Crippen molar-refractivity contribution in [2.45, 2.75) is 4.90 Å². The first-order chi connectivity index (χ1) is 11.6. The lowest BCUT2D eigenvalue weighted by molar-refractivity contribution is -0.120. The molecule has 0 aliphatic heterocycles. The van der Waals surface area contributed by atoms with Gasteiger partial charge in [0.1, 0.15) is 0 Å². The Hall–Kier alpha value is -2.12. The normalized spacial score (nSPS) is 10.6. The SMILES string of the molecule is CSc1ccc(/C=N/NC(=O)CNC(=O)c2ccccc2Br)cc1. The third-order valence-electron chi connectivity index (χ3n) is 3.05. The number of hydrogen-bond acceptors (Lipinski definition) is 4. The molecule has 0 unspecified atom stereocenters. The van der Waals surface area contributed by atoms with Crippen LogP contribution < -0.4 is 10.7 Å². The molecule has 0 aliphatic rings. The highest BCUT2D eigenvalue weighted by molar-refractivity contribution is 9.10. The summed E-state index contributed by atoms with van der Waals surface area (Å²) in [5, 5.41) is 6.42. The van der Waals surface area contributed by atoms with Crippen molar-refractivity contribution in [1.29, 1.82) is 0 Å². The van der Waals surface area contributed by atoms with E-state index in [-0.39, 0.29) is 12.5 Å². The van der Waals surface area contributed by atoms with Crippen molar-refractivity contribution >= 4 is 45.7 Å². The van der Waals surface area contributed by atoms with Gasteiger partial charge >= 0.3 is 0 Å². The molecule has 0 heterocycles. The minimum atomic E-state index is -0.396. The van der Waals surface area contributed by atoms with Crippen molar-refractivity contribution in [1.82, 2.24) is 10.7 Å². The van der Waals surface area contributed by atoms with Gasteiger partial charge in [-0.15, -0.1) is 11.8 Å². The molecule has 24 heavy (non-hydrogen) atoms. The Morgan fingerprint density at radius 1 is 1.17 bits per heavy atom. The number of hydrazone groups is 1. The lowest BCUT2D eigenvalue weighted by Crippen LogP contribution is -2.35. The summed E-state index contributed by atoms with van der Waals surface area (Å²) in [5.41, 5.74) is 3.73. The van der Waals surface area contributed by atoms with Crippen molar-refractivity contribution < 1.29 is 9.59 Å². The fraction of sp³-hybridized carbons (Fsp3) is 0.118. The average Bonchev–Trinajstić information content (AvgIpc) is 2.60. The molecule has 2 amide bonds. The number of thioether (sulfide) groups is 1. The maximum atomic E-state index is 12.0. The topological polar surface area (TPSA) is 70.6 Å². The van der Waals surface area contributed by atoms with Gasteiger partial charge in [0.05, 0.1) is 18.3 Å². The van der Waals surface area contributed by atoms with Crippen LogP contribution in [0.1, 0.15) is 15.9 Å². The molecule has 2 aromatic carbocycles. The number of hydrogen-bond donors (Lipinski definition) is 2. The van der Waals surface area contributed by atoms with Gasteiger partial charge in [0.15, 0.2) is 0 Å². The zero-order valence-corrected chi connectivity index (χ0v) is 15.4. The summed E-state index contributed by atoms with van der Waals surface area (Å²) in [6.45, 7) is -0.150. The van der Waals surface area contributed by atoms with Crippen LogP contribution in [0.5, 0.6) is 0 Å². The number of amides is 2. The van der Waals surface area contributed by atoms with Crippen molar-refractivity contribution in [2.75, 3.05) is 12.8 Å². The van der Waals surface area contributed by atoms with Crippen molar-refractivity contribution in [3.05, 3.63) is 64.1 Å². The number of nitrogens with one attached hydrogen (secondary N) is 2. The molecule has 0 spiro atoms. The molecular formula is C17H16BrN3O2S. The quantitative estimate of drug-likeness (QED) is 0.440. The summed E-state index contributed by atoms with van der Waals surface area (Å²) in [6.07, 6.45) is 3.56. The van der Waals surface area contributed by atoms with E-state index in [0.717, 1.165) is 10.5 Å². The zero-order valence-electron chi connectivity index (χ0n) is 13.0. The highest BCUT2D eigenvalue weighted by Crippen LogP contribution is 2.15. The Balaban J connectivity index is 1.79. The van der Waals surface area contributed by atoms with E-state index in [4.69, 9.17) is 0 Å². The molecule has 0 atom stereocenters. The molecule has 2 N–H and O–H groups in total. The highest BCUT2D eigenvalue weighted by Gasteiger charge is 2.10. The highest BCUT2D eigenvalue weighted by atomic mass is 79.9. The van der Waals surface area contributed by atoms with Gasteiger partial charge in [-0.3, -0.25) is 9.59 Å². The molecule has 5 nitrogen and oxygen atoms in total. The average molecular weight is 406 g/mol. The number of carbonyl (C=O) groups excluding carboxylic acids is 2. The van der Waals surface area contributed by atoms with Crippen LogP contribution in [0.15, 0.2) is 63.0 Å². The second-order valence-electron chi connectivity index (χ2n) is 4.73. The third-order valence-corrected chi connectivity index (χ3v) is 4.48. The van der Waals surface area contributed by atoms with Crippen LogP contribution in [-0.4, -0.2) is 30.8 Å². The number of benzene rings is 2. The first kappa shape index (κ1) is 18.2. The fourth-order valence-corrected chi connectivity index (χ4v) is 2.68. The maximum Gasteiger partial charge on any atom is 0.259 e. The Labute approximate surface area is 153 Å². The van der Waals surface area contributed by atoms with Crippen LogP contribution in [0, 0.1) is 0 Å². The van der Waals surface area contributed by atoms with Crippen LogP contribution >= 0.6 is 27.7 Å². The molecule has 0 radical (unpaired) electrons. The van der Waals surface area contributed by atoms with E-state index < -0.39 is 5.91 Å². The predicted octanol–water partition coefficient (Wildman–Crippen LogP) is 3.05. The lowest BCUT2D eigenvalue weighted by Gasteiger charge is -2.05. The van der Waals surface area contributed by atoms with E-state index >= 15 is 0 Å². The molecule has 0 saturated heterocycles. The van der Waals surface area contributed by atoms with E-state index in [2.05, 4.69) is 31.8 Å². The molecule has 0 bridgehead atoms. The molecule has 7 heteroatoms. The lowest BCUT2D eigenvalue weighted by atomic mass is 10.2. The van der Waals surface area contributed by atoms with Gasteiger partial charge in [-0.2, -0.15) is 5.10 Å². The second kappa shape index (κ2) is 9.24. The number of rotatable bonds is 6. The van der Waals surface area contributed by atoms with Crippen LogP contribution in [0.3, 0.4) is 0 Å². The molecule has 0 aliphatic carbocycles. The number of halogens is 1. The standard InChI is InChI=1S/C17H16BrN3O2S/c1-24-13-8-6-12(7-9-13)10-20-21-16(22)11-19-17(23)14-4-2-3-5-15(14)18/h2-10H,11H2,1H3,(H,19,23)(H,21,22)/b20-10+. The van der Waals surface area contributed by atoms with E-state index in [1.54, 1.807) is 36.2 Å². The summed E-state index contributed by atoms with van der Waals surface area (Å²) >= 11 is 4.95. The van der Waals surface area contributed by atoms with E-state index in [1.165, 1.54) is 0 Å². The summed E-state index contributed by atoms with van der Waals surface area (Å²) in [6, 6.07) is 14.8. The summed E-state index contributed by atoms with van der Waals surface area (Å²) in [7, 11) is 0. The third kappa shape index (κ3) is 5.50. The van der Waals surface area contributed by atoms with E-state index in [0.29, 0.717) is 10.0 Å². The number of nitrogens with zero attached hydrogens (tertiary/aromatic N) is 1. The van der Waals surface area contributed by atoms with Crippen LogP contribution in [0.2, 0.25) is 0 Å². The Morgan fingerprint density at radius 3 is 2.54 bits per heavy atom. The van der Waals surface area contributed by atoms with Crippen LogP contribution in [0.25, 0.3) is 0 Å². The molecular weight excluding hydrogens is 390 g/mol. The maximum absolute atomic E-state index is 12.0. The van der Waals surface area contributed by atoms with Gasteiger partial charge in [0.25, 0.3) is 11.8 Å². The fourth-order valence-electron chi connectivity index (χ4n) is 1.81.